The molecular weight excluding hydrogens is 265 g/mol. The number of hydrogen-bond donors (Lipinski definition) is 1. The highest BCUT2D eigenvalue weighted by Crippen LogP contribution is 2.16. The van der Waals surface area contributed by atoms with Crippen molar-refractivity contribution in [1.29, 1.82) is 0 Å². The predicted octanol–water partition coefficient (Wildman–Crippen LogP) is 2.00. The van der Waals surface area contributed by atoms with Gasteiger partial charge < -0.3 is 10.1 Å². The fourth-order valence-corrected chi connectivity index (χ4v) is 2.44. The van der Waals surface area contributed by atoms with Crippen molar-refractivity contribution in [2.24, 2.45) is 0 Å². The first-order chi connectivity index (χ1) is 9.29. The van der Waals surface area contributed by atoms with Crippen LogP contribution in [-0.4, -0.2) is 30.5 Å². The zero-order valence-electron chi connectivity index (χ0n) is 10.7. The summed E-state index contributed by atoms with van der Waals surface area (Å²) in [5, 5.41) is 13.1. The minimum Gasteiger partial charge on any atom is -0.383 e. The number of nitrogens with zero attached hydrogens (tertiary/aromatic N) is 2. The molecule has 1 heterocycles. The summed E-state index contributed by atoms with van der Waals surface area (Å²) >= 11 is 1.50. The molecule has 0 amide bonds. The smallest absolute Gasteiger partial charge is 0.131 e. The largest absolute Gasteiger partial charge is 0.383 e. The second-order valence-electron chi connectivity index (χ2n) is 4.03. The maximum atomic E-state index is 13.5. The van der Waals surface area contributed by atoms with Crippen molar-refractivity contribution in [2.75, 3.05) is 20.3 Å². The number of methoxy groups -OCH3 is 1. The van der Waals surface area contributed by atoms with Gasteiger partial charge in [-0.25, -0.2) is 4.39 Å². The normalized spacial score (nSPS) is 10.8. The van der Waals surface area contributed by atoms with Crippen molar-refractivity contribution in [3.05, 3.63) is 45.7 Å². The minimum absolute atomic E-state index is 0.197. The van der Waals surface area contributed by atoms with E-state index in [0.717, 1.165) is 16.6 Å². The molecule has 0 unspecified atom stereocenters. The van der Waals surface area contributed by atoms with Gasteiger partial charge in [-0.15, -0.1) is 10.2 Å². The Balaban J connectivity index is 1.89. The summed E-state index contributed by atoms with van der Waals surface area (Å²) in [7, 11) is 1.67. The number of benzene rings is 1. The van der Waals surface area contributed by atoms with Crippen molar-refractivity contribution >= 4 is 11.3 Å². The molecule has 19 heavy (non-hydrogen) atoms. The van der Waals surface area contributed by atoms with E-state index in [-0.39, 0.29) is 5.82 Å². The van der Waals surface area contributed by atoms with Crippen LogP contribution in [-0.2, 0) is 17.7 Å². The van der Waals surface area contributed by atoms with E-state index in [9.17, 15) is 4.39 Å². The molecule has 102 valence electrons. The molecule has 0 fully saturated rings. The maximum absolute atomic E-state index is 13.5. The highest BCUT2D eigenvalue weighted by atomic mass is 32.1. The van der Waals surface area contributed by atoms with Crippen molar-refractivity contribution in [3.8, 4) is 0 Å². The molecule has 1 N–H and O–H groups in total. The molecule has 0 bridgehead atoms. The lowest BCUT2D eigenvalue weighted by Gasteiger charge is -2.00. The number of nitrogens with one attached hydrogen (secondary N) is 1. The Morgan fingerprint density at radius 3 is 2.84 bits per heavy atom. The van der Waals surface area contributed by atoms with Gasteiger partial charge in [0, 0.05) is 26.6 Å². The van der Waals surface area contributed by atoms with E-state index < -0.39 is 0 Å². The molecule has 1 aromatic heterocycles. The third kappa shape index (κ3) is 4.34. The Kier molecular flexibility index (Phi) is 5.38. The van der Waals surface area contributed by atoms with E-state index in [1.54, 1.807) is 19.2 Å². The van der Waals surface area contributed by atoms with Crippen LogP contribution in [0.2, 0.25) is 0 Å². The fourth-order valence-electron chi connectivity index (χ4n) is 1.61. The molecule has 6 heteroatoms. The van der Waals surface area contributed by atoms with Gasteiger partial charge in [0.15, 0.2) is 0 Å². The summed E-state index contributed by atoms with van der Waals surface area (Å²) in [5.41, 5.74) is 0.651. The molecule has 0 atom stereocenters. The van der Waals surface area contributed by atoms with Crippen LogP contribution >= 0.6 is 11.3 Å². The standard InChI is InChI=1S/C13H16FN3OS/c1-18-7-6-15-9-13-17-16-12(19-13)8-10-4-2-3-5-11(10)14/h2-5,15H,6-9H2,1H3. The molecule has 0 aliphatic rings. The molecule has 4 nitrogen and oxygen atoms in total. The lowest BCUT2D eigenvalue weighted by atomic mass is 10.1. The third-order valence-electron chi connectivity index (χ3n) is 2.57. The van der Waals surface area contributed by atoms with Crippen molar-refractivity contribution < 1.29 is 9.13 Å². The van der Waals surface area contributed by atoms with Gasteiger partial charge in [-0.2, -0.15) is 0 Å². The van der Waals surface area contributed by atoms with Crippen LogP contribution in [0.3, 0.4) is 0 Å². The Labute approximate surface area is 115 Å². The number of ether oxygens (including phenoxy) is 1. The fraction of sp³-hybridized carbons (Fsp3) is 0.385. The van der Waals surface area contributed by atoms with E-state index in [1.165, 1.54) is 17.4 Å². The number of hydrogen-bond acceptors (Lipinski definition) is 5. The maximum Gasteiger partial charge on any atom is 0.131 e. The highest BCUT2D eigenvalue weighted by Gasteiger charge is 2.07. The summed E-state index contributed by atoms with van der Waals surface area (Å²) in [4.78, 5) is 0. The summed E-state index contributed by atoms with van der Waals surface area (Å²) < 4.78 is 18.4. The summed E-state index contributed by atoms with van der Waals surface area (Å²) in [6.45, 7) is 2.11. The number of aromatic nitrogens is 2. The average molecular weight is 281 g/mol. The summed E-state index contributed by atoms with van der Waals surface area (Å²) in [6.07, 6.45) is 0.489. The van der Waals surface area contributed by atoms with E-state index >= 15 is 0 Å². The van der Waals surface area contributed by atoms with Gasteiger partial charge in [0.05, 0.1) is 6.61 Å². The van der Waals surface area contributed by atoms with E-state index in [0.29, 0.717) is 25.1 Å². The SMILES string of the molecule is COCCNCc1nnc(Cc2ccccc2F)s1. The summed E-state index contributed by atoms with van der Waals surface area (Å²) in [6, 6.07) is 6.74. The van der Waals surface area contributed by atoms with Crippen LogP contribution in [0, 0.1) is 5.82 Å². The Morgan fingerprint density at radius 2 is 2.05 bits per heavy atom. The molecule has 0 aliphatic carbocycles. The van der Waals surface area contributed by atoms with Crippen LogP contribution in [0.4, 0.5) is 4.39 Å². The van der Waals surface area contributed by atoms with E-state index in [4.69, 9.17) is 4.74 Å². The highest BCUT2D eigenvalue weighted by molar-refractivity contribution is 7.11. The molecular formula is C13H16FN3OS. The Hall–Kier alpha value is -1.37. The topological polar surface area (TPSA) is 47.0 Å². The second-order valence-corrected chi connectivity index (χ2v) is 5.17. The molecule has 1 aromatic carbocycles. The predicted molar refractivity (Wildman–Crippen MR) is 72.7 cm³/mol. The molecule has 2 rings (SSSR count). The van der Waals surface area contributed by atoms with Crippen molar-refractivity contribution in [3.63, 3.8) is 0 Å². The second kappa shape index (κ2) is 7.28. The molecule has 2 aromatic rings. The van der Waals surface area contributed by atoms with Gasteiger partial charge in [-0.1, -0.05) is 29.5 Å². The Bertz CT molecular complexity index is 518. The zero-order valence-corrected chi connectivity index (χ0v) is 11.5. The van der Waals surface area contributed by atoms with Gasteiger partial charge >= 0.3 is 0 Å². The first-order valence-corrected chi connectivity index (χ1v) is 6.85. The first kappa shape index (κ1) is 14.0. The van der Waals surface area contributed by atoms with Gasteiger partial charge in [-0.05, 0) is 11.6 Å². The van der Waals surface area contributed by atoms with Gasteiger partial charge in [0.2, 0.25) is 0 Å². The third-order valence-corrected chi connectivity index (χ3v) is 3.49. The van der Waals surface area contributed by atoms with Crippen LogP contribution in [0.25, 0.3) is 0 Å². The van der Waals surface area contributed by atoms with Crippen molar-refractivity contribution in [2.45, 2.75) is 13.0 Å². The van der Waals surface area contributed by atoms with Gasteiger partial charge in [-0.3, -0.25) is 0 Å². The quantitative estimate of drug-likeness (QED) is 0.789. The molecule has 0 spiro atoms. The molecule has 0 saturated heterocycles. The lowest BCUT2D eigenvalue weighted by Crippen LogP contribution is -2.18. The van der Waals surface area contributed by atoms with Crippen LogP contribution < -0.4 is 5.32 Å². The van der Waals surface area contributed by atoms with Gasteiger partial charge in [0.1, 0.15) is 15.8 Å². The van der Waals surface area contributed by atoms with Crippen LogP contribution in [0.15, 0.2) is 24.3 Å². The molecule has 0 radical (unpaired) electrons. The first-order valence-electron chi connectivity index (χ1n) is 6.04. The van der Waals surface area contributed by atoms with E-state index in [1.807, 2.05) is 6.07 Å². The monoisotopic (exact) mass is 281 g/mol. The summed E-state index contributed by atoms with van der Waals surface area (Å²) in [5.74, 6) is -0.197. The lowest BCUT2D eigenvalue weighted by molar-refractivity contribution is 0.199. The average Bonchev–Trinajstić information content (AvgIpc) is 2.85. The van der Waals surface area contributed by atoms with Crippen LogP contribution in [0.5, 0.6) is 0 Å². The zero-order chi connectivity index (χ0) is 13.5. The Morgan fingerprint density at radius 1 is 1.26 bits per heavy atom. The van der Waals surface area contributed by atoms with Crippen LogP contribution in [0.1, 0.15) is 15.6 Å². The molecule has 0 saturated carbocycles. The number of rotatable bonds is 7. The molecule has 0 aliphatic heterocycles. The van der Waals surface area contributed by atoms with E-state index in [2.05, 4.69) is 15.5 Å². The van der Waals surface area contributed by atoms with Crippen molar-refractivity contribution in [1.82, 2.24) is 15.5 Å². The van der Waals surface area contributed by atoms with Gasteiger partial charge in [0.25, 0.3) is 0 Å². The number of halogens is 1. The minimum atomic E-state index is -0.197.